The van der Waals surface area contributed by atoms with Crippen LogP contribution in [-0.2, 0) is 0 Å². The number of hydrogen-bond donors (Lipinski definition) is 0. The van der Waals surface area contributed by atoms with E-state index in [0.29, 0.717) is 0 Å². The molecular weight excluding hydrogens is 159 g/mol. The van der Waals surface area contributed by atoms with Crippen LogP contribution in [0.4, 0.5) is 0 Å². The normalized spacial score (nSPS) is 0. The third-order valence-corrected chi connectivity index (χ3v) is 0. The minimum absolute atomic E-state index is 0. The molecule has 0 aliphatic heterocycles. The van der Waals surface area contributed by atoms with Gasteiger partial charge in [0.2, 0.25) is 0 Å². The Kier molecular flexibility index (Phi) is 376. The van der Waals surface area contributed by atoms with Gasteiger partial charge in [0.1, 0.15) is 0 Å². The summed E-state index contributed by atoms with van der Waals surface area (Å²) in [6.07, 6.45) is 0. The van der Waals surface area contributed by atoms with E-state index in [1.54, 1.807) is 0 Å². The maximum atomic E-state index is 0. The fourth-order valence-corrected chi connectivity index (χ4v) is 0. The van der Waals surface area contributed by atoms with Crippen LogP contribution in [0.5, 0.6) is 0 Å². The Hall–Kier alpha value is 3.43. The molecule has 19 valence electrons. The molecule has 0 unspecified atom stereocenters. The van der Waals surface area contributed by atoms with Crippen molar-refractivity contribution in [1.29, 1.82) is 0 Å². The van der Waals surface area contributed by atoms with Crippen molar-refractivity contribution < 1.29 is 2.85 Å². The van der Waals surface area contributed by atoms with Crippen LogP contribution in [0, 0.1) is 0 Å². The zero-order chi connectivity index (χ0) is 0. The minimum atomic E-state index is 0. The zero-order valence-corrected chi connectivity index (χ0v) is 10.8. The molecular formula is H2Al5Mg. The molecule has 0 fully saturated rings. The predicted molar refractivity (Wildman–Crippen MR) is 36.7 cm³/mol. The molecule has 0 aromatic carbocycles. The Labute approximate surface area is 111 Å². The van der Waals surface area contributed by atoms with Crippen molar-refractivity contribution in [1.82, 2.24) is 0 Å². The van der Waals surface area contributed by atoms with Gasteiger partial charge < -0.3 is 2.85 Å². The second-order valence-electron chi connectivity index (χ2n) is 0. The van der Waals surface area contributed by atoms with Crippen LogP contribution in [0.15, 0.2) is 0 Å². The molecule has 0 saturated heterocycles. The van der Waals surface area contributed by atoms with E-state index in [1.807, 2.05) is 0 Å². The van der Waals surface area contributed by atoms with Crippen molar-refractivity contribution in [3.63, 3.8) is 0 Å². The molecule has 0 bridgehead atoms. The van der Waals surface area contributed by atoms with Gasteiger partial charge in [-0.2, -0.15) is 0 Å². The van der Waals surface area contributed by atoms with Crippen molar-refractivity contribution in [3.05, 3.63) is 0 Å². The third kappa shape index (κ3) is 26.1. The molecule has 0 aromatic rings. The fourth-order valence-electron chi connectivity index (χ4n) is 0. The molecule has 6 heteroatoms. The quantitative estimate of drug-likeness (QED) is 0.358. The SMILES string of the molecule is [Al].[Al].[Al].[Al].[Al].[H-].[H-].[Mg+2]. The Morgan fingerprint density at radius 2 is 0.500 bits per heavy atom. The molecule has 0 amide bonds. The van der Waals surface area contributed by atoms with Gasteiger partial charge in [0.15, 0.2) is 0 Å². The summed E-state index contributed by atoms with van der Waals surface area (Å²) in [6.45, 7) is 0. The summed E-state index contributed by atoms with van der Waals surface area (Å²) >= 11 is 0. The van der Waals surface area contributed by atoms with Gasteiger partial charge in [0, 0.05) is 86.8 Å². The van der Waals surface area contributed by atoms with Gasteiger partial charge in [-0.05, 0) is 0 Å². The van der Waals surface area contributed by atoms with E-state index in [4.69, 9.17) is 0 Å². The van der Waals surface area contributed by atoms with Crippen LogP contribution >= 0.6 is 0 Å². The first kappa shape index (κ1) is 57.0. The van der Waals surface area contributed by atoms with Crippen molar-refractivity contribution in [2.24, 2.45) is 0 Å². The Balaban J connectivity index is 0. The van der Waals surface area contributed by atoms with Gasteiger partial charge >= 0.3 is 23.1 Å². The first-order chi connectivity index (χ1) is 0. The van der Waals surface area contributed by atoms with E-state index in [1.165, 1.54) is 0 Å². The van der Waals surface area contributed by atoms with Gasteiger partial charge in [-0.3, -0.25) is 0 Å². The van der Waals surface area contributed by atoms with E-state index in [0.717, 1.165) is 0 Å². The van der Waals surface area contributed by atoms with Crippen LogP contribution in [0.25, 0.3) is 0 Å². The summed E-state index contributed by atoms with van der Waals surface area (Å²) in [4.78, 5) is 0. The third-order valence-electron chi connectivity index (χ3n) is 0. The second kappa shape index (κ2) is 39.6. The molecule has 0 saturated carbocycles. The standard InChI is InChI=1S/5Al.Mg.2H/q;;;;;+2;2*-1. The topological polar surface area (TPSA) is 0 Å². The summed E-state index contributed by atoms with van der Waals surface area (Å²) < 4.78 is 0. The van der Waals surface area contributed by atoms with Crippen molar-refractivity contribution in [3.8, 4) is 0 Å². The van der Waals surface area contributed by atoms with Crippen LogP contribution in [0.3, 0.4) is 0 Å². The molecule has 0 spiro atoms. The summed E-state index contributed by atoms with van der Waals surface area (Å²) in [5.74, 6) is 0. The van der Waals surface area contributed by atoms with Crippen molar-refractivity contribution >= 4 is 110 Å². The summed E-state index contributed by atoms with van der Waals surface area (Å²) in [7, 11) is 0. The summed E-state index contributed by atoms with van der Waals surface area (Å²) in [6, 6.07) is 0. The second-order valence-corrected chi connectivity index (χ2v) is 0. The molecule has 0 nitrogen and oxygen atoms in total. The molecule has 0 N–H and O–H groups in total. The van der Waals surface area contributed by atoms with Crippen LogP contribution in [0.2, 0.25) is 0 Å². The number of hydrogen-bond acceptors (Lipinski definition) is 0. The van der Waals surface area contributed by atoms with Crippen LogP contribution in [0.1, 0.15) is 2.85 Å². The maximum absolute atomic E-state index is 0. The molecule has 0 aromatic heterocycles. The van der Waals surface area contributed by atoms with Crippen molar-refractivity contribution in [2.45, 2.75) is 0 Å². The van der Waals surface area contributed by atoms with Gasteiger partial charge in [0.25, 0.3) is 0 Å². The molecule has 0 atom stereocenters. The van der Waals surface area contributed by atoms with Crippen LogP contribution in [-0.4, -0.2) is 110 Å². The molecule has 6 heavy (non-hydrogen) atoms. The Morgan fingerprint density at radius 3 is 0.500 bits per heavy atom. The molecule has 0 heterocycles. The fraction of sp³-hybridized carbons (Fsp3) is 0. The monoisotopic (exact) mass is 161 g/mol. The smallest absolute Gasteiger partial charge is 1.00 e. The number of rotatable bonds is 0. The first-order valence-corrected chi connectivity index (χ1v) is 0. The van der Waals surface area contributed by atoms with E-state index in [-0.39, 0.29) is 113 Å². The van der Waals surface area contributed by atoms with Crippen molar-refractivity contribution in [2.75, 3.05) is 0 Å². The van der Waals surface area contributed by atoms with Crippen LogP contribution < -0.4 is 0 Å². The summed E-state index contributed by atoms with van der Waals surface area (Å²) in [5, 5.41) is 0. The van der Waals surface area contributed by atoms with E-state index >= 15 is 0 Å². The Morgan fingerprint density at radius 1 is 0.500 bits per heavy atom. The average molecular weight is 161 g/mol. The van der Waals surface area contributed by atoms with E-state index in [9.17, 15) is 0 Å². The Bertz CT molecular complexity index is 10.4. The molecule has 15 radical (unpaired) electrons. The van der Waals surface area contributed by atoms with Gasteiger partial charge in [-0.15, -0.1) is 0 Å². The van der Waals surface area contributed by atoms with Gasteiger partial charge in [-0.1, -0.05) is 0 Å². The first-order valence-electron chi connectivity index (χ1n) is 0. The average Bonchev–Trinajstić information content (AvgIpc) is 0. The summed E-state index contributed by atoms with van der Waals surface area (Å²) in [5.41, 5.74) is 0. The molecule has 0 aliphatic carbocycles. The van der Waals surface area contributed by atoms with E-state index in [2.05, 4.69) is 0 Å². The maximum Gasteiger partial charge on any atom is 2.00 e. The van der Waals surface area contributed by atoms with E-state index < -0.39 is 0 Å². The van der Waals surface area contributed by atoms with Gasteiger partial charge in [-0.25, -0.2) is 0 Å². The zero-order valence-electron chi connectivity index (χ0n) is 5.59. The largest absolute Gasteiger partial charge is 2.00 e. The minimum Gasteiger partial charge on any atom is -1.00 e. The molecule has 0 aliphatic rings. The predicted octanol–water partition coefficient (Wildman–Crippen LogP) is -2.06. The molecule has 0 rings (SSSR count). The van der Waals surface area contributed by atoms with Gasteiger partial charge in [0.05, 0.1) is 0 Å².